The van der Waals surface area contributed by atoms with Gasteiger partial charge in [0.25, 0.3) is 0 Å². The smallest absolute Gasteiger partial charge is 0.307 e. The first-order valence-corrected chi connectivity index (χ1v) is 5.09. The maximum absolute atomic E-state index is 10.3. The van der Waals surface area contributed by atoms with E-state index in [2.05, 4.69) is 11.7 Å². The first-order valence-electron chi connectivity index (χ1n) is 5.09. The van der Waals surface area contributed by atoms with Crippen molar-refractivity contribution < 1.29 is 9.53 Å². The Morgan fingerprint density at radius 3 is 2.54 bits per heavy atom. The number of hydrogen-bond donors (Lipinski definition) is 0. The highest BCUT2D eigenvalue weighted by atomic mass is 16.5. The van der Waals surface area contributed by atoms with E-state index >= 15 is 0 Å². The van der Waals surface area contributed by atoms with Crippen molar-refractivity contribution in [2.45, 2.75) is 52.4 Å². The van der Waals surface area contributed by atoms with E-state index in [1.54, 1.807) is 0 Å². The van der Waals surface area contributed by atoms with Crippen LogP contribution in [0.4, 0.5) is 0 Å². The molecule has 0 aromatic carbocycles. The van der Waals surface area contributed by atoms with Crippen LogP contribution in [0.25, 0.3) is 0 Å². The molecule has 0 aromatic rings. The lowest BCUT2D eigenvalue weighted by Gasteiger charge is -1.96. The summed E-state index contributed by atoms with van der Waals surface area (Å²) in [6, 6.07) is 0. The Labute approximate surface area is 81.0 Å². The number of carbonyl (C=O) groups is 1. The second kappa shape index (κ2) is 9.30. The number of allylic oxidation sites excluding steroid dienone is 1. The van der Waals surface area contributed by atoms with Gasteiger partial charge in [-0.2, -0.15) is 0 Å². The third kappa shape index (κ3) is 11.2. The molecule has 0 aliphatic rings. The minimum absolute atomic E-state index is 0.248. The largest absolute Gasteiger partial charge is 0.435 e. The van der Waals surface area contributed by atoms with Crippen molar-refractivity contribution in [3.05, 3.63) is 12.3 Å². The van der Waals surface area contributed by atoms with Crippen LogP contribution in [-0.2, 0) is 9.53 Å². The summed E-state index contributed by atoms with van der Waals surface area (Å²) >= 11 is 0. The molecule has 0 aromatic heterocycles. The van der Waals surface area contributed by atoms with Crippen molar-refractivity contribution in [1.82, 2.24) is 0 Å². The van der Waals surface area contributed by atoms with E-state index in [1.807, 2.05) is 6.08 Å². The van der Waals surface area contributed by atoms with Gasteiger partial charge in [-0.3, -0.25) is 4.79 Å². The molecular weight excluding hydrogens is 164 g/mol. The predicted molar refractivity (Wildman–Crippen MR) is 54.3 cm³/mol. The van der Waals surface area contributed by atoms with Crippen molar-refractivity contribution >= 4 is 5.97 Å². The molecule has 76 valence electrons. The summed E-state index contributed by atoms with van der Waals surface area (Å²) in [4.78, 5) is 10.3. The summed E-state index contributed by atoms with van der Waals surface area (Å²) < 4.78 is 4.65. The molecule has 2 heteroatoms. The van der Waals surface area contributed by atoms with Crippen molar-refractivity contribution in [1.29, 1.82) is 0 Å². The molecule has 0 heterocycles. The highest BCUT2D eigenvalue weighted by molar-refractivity contribution is 5.66. The molecule has 13 heavy (non-hydrogen) atoms. The topological polar surface area (TPSA) is 26.3 Å². The van der Waals surface area contributed by atoms with Gasteiger partial charge in [0.1, 0.15) is 0 Å². The van der Waals surface area contributed by atoms with E-state index in [9.17, 15) is 4.79 Å². The lowest BCUT2D eigenvalue weighted by atomic mass is 10.1. The van der Waals surface area contributed by atoms with Crippen LogP contribution >= 0.6 is 0 Å². The number of unbranched alkanes of at least 4 members (excludes halogenated alkanes) is 5. The highest BCUT2D eigenvalue weighted by Gasteiger charge is 1.87. The fourth-order valence-electron chi connectivity index (χ4n) is 1.08. The van der Waals surface area contributed by atoms with E-state index in [0.717, 1.165) is 6.42 Å². The quantitative estimate of drug-likeness (QED) is 0.344. The molecule has 0 spiro atoms. The number of esters is 1. The van der Waals surface area contributed by atoms with Gasteiger partial charge in [-0.1, -0.05) is 32.6 Å². The Balaban J connectivity index is 3.06. The monoisotopic (exact) mass is 184 g/mol. The van der Waals surface area contributed by atoms with E-state index < -0.39 is 0 Å². The molecule has 0 aliphatic heterocycles. The van der Waals surface area contributed by atoms with Crippen molar-refractivity contribution in [2.24, 2.45) is 0 Å². The molecule has 0 unspecified atom stereocenters. The molecule has 0 saturated carbocycles. The lowest BCUT2D eigenvalue weighted by Crippen LogP contribution is -1.89. The zero-order valence-electron chi connectivity index (χ0n) is 8.71. The fraction of sp³-hybridized carbons (Fsp3) is 0.727. The fourth-order valence-corrected chi connectivity index (χ4v) is 1.08. The third-order valence-corrected chi connectivity index (χ3v) is 1.80. The van der Waals surface area contributed by atoms with Gasteiger partial charge < -0.3 is 4.74 Å². The summed E-state index contributed by atoms with van der Waals surface area (Å²) in [7, 11) is 0. The predicted octanol–water partition coefficient (Wildman–Crippen LogP) is 3.42. The summed E-state index contributed by atoms with van der Waals surface area (Å²) in [6.07, 6.45) is 10.8. The molecule has 0 saturated heterocycles. The molecule has 0 atom stereocenters. The Hall–Kier alpha value is -0.790. The molecule has 0 bridgehead atoms. The van der Waals surface area contributed by atoms with Crippen LogP contribution in [0.2, 0.25) is 0 Å². The van der Waals surface area contributed by atoms with Crippen LogP contribution in [0.15, 0.2) is 12.3 Å². The van der Waals surface area contributed by atoms with Gasteiger partial charge in [0, 0.05) is 6.92 Å². The minimum Gasteiger partial charge on any atom is -0.435 e. The van der Waals surface area contributed by atoms with Crippen LogP contribution in [0.3, 0.4) is 0 Å². The summed E-state index contributed by atoms with van der Waals surface area (Å²) in [6.45, 7) is 3.62. The molecule has 0 fully saturated rings. The van der Waals surface area contributed by atoms with Gasteiger partial charge in [-0.15, -0.1) is 0 Å². The molecule has 0 amide bonds. The molecule has 0 N–H and O–H groups in total. The zero-order valence-corrected chi connectivity index (χ0v) is 8.71. The minimum atomic E-state index is -0.248. The van der Waals surface area contributed by atoms with Crippen LogP contribution in [-0.4, -0.2) is 5.97 Å². The maximum atomic E-state index is 10.3. The number of carbonyl (C=O) groups excluding carboxylic acids is 1. The van der Waals surface area contributed by atoms with Crippen molar-refractivity contribution in [3.8, 4) is 0 Å². The molecular formula is C11H20O2. The standard InChI is InChI=1S/C11H20O2/c1-3-4-5-6-7-8-9-10-13-11(2)12/h9-10H,3-8H2,1-2H3. The second-order valence-corrected chi connectivity index (χ2v) is 3.18. The van der Waals surface area contributed by atoms with Crippen LogP contribution < -0.4 is 0 Å². The van der Waals surface area contributed by atoms with Gasteiger partial charge in [-0.05, 0) is 18.9 Å². The van der Waals surface area contributed by atoms with Gasteiger partial charge >= 0.3 is 5.97 Å². The zero-order chi connectivity index (χ0) is 9.94. The van der Waals surface area contributed by atoms with Crippen molar-refractivity contribution in [2.75, 3.05) is 0 Å². The van der Waals surface area contributed by atoms with E-state index in [1.165, 1.54) is 45.3 Å². The number of rotatable bonds is 7. The van der Waals surface area contributed by atoms with E-state index in [0.29, 0.717) is 0 Å². The van der Waals surface area contributed by atoms with Gasteiger partial charge in [0.15, 0.2) is 0 Å². The first kappa shape index (κ1) is 12.2. The average molecular weight is 184 g/mol. The number of hydrogen-bond acceptors (Lipinski definition) is 2. The third-order valence-electron chi connectivity index (χ3n) is 1.80. The Kier molecular flexibility index (Phi) is 8.73. The summed E-state index contributed by atoms with van der Waals surface area (Å²) in [5, 5.41) is 0. The van der Waals surface area contributed by atoms with Crippen molar-refractivity contribution in [3.63, 3.8) is 0 Å². The molecule has 0 radical (unpaired) electrons. The van der Waals surface area contributed by atoms with E-state index in [-0.39, 0.29) is 5.97 Å². The normalized spacial score (nSPS) is 10.6. The molecule has 0 rings (SSSR count). The average Bonchev–Trinajstić information content (AvgIpc) is 2.09. The SMILES string of the molecule is CCCCCCCC=COC(C)=O. The first-order chi connectivity index (χ1) is 6.27. The van der Waals surface area contributed by atoms with E-state index in [4.69, 9.17) is 0 Å². The lowest BCUT2D eigenvalue weighted by molar-refractivity contribution is -0.135. The maximum Gasteiger partial charge on any atom is 0.307 e. The Morgan fingerprint density at radius 1 is 1.23 bits per heavy atom. The Bertz CT molecular complexity index is 150. The van der Waals surface area contributed by atoms with Crippen LogP contribution in [0.5, 0.6) is 0 Å². The van der Waals surface area contributed by atoms with Crippen LogP contribution in [0, 0.1) is 0 Å². The summed E-state index contributed by atoms with van der Waals surface area (Å²) in [5.74, 6) is -0.248. The highest BCUT2D eigenvalue weighted by Crippen LogP contribution is 2.05. The number of ether oxygens (including phenoxy) is 1. The molecule has 0 aliphatic carbocycles. The Morgan fingerprint density at radius 2 is 1.92 bits per heavy atom. The van der Waals surface area contributed by atoms with Gasteiger partial charge in [-0.25, -0.2) is 0 Å². The summed E-state index contributed by atoms with van der Waals surface area (Å²) in [5.41, 5.74) is 0. The molecule has 2 nitrogen and oxygen atoms in total. The van der Waals surface area contributed by atoms with Gasteiger partial charge in [0.05, 0.1) is 6.26 Å². The van der Waals surface area contributed by atoms with Gasteiger partial charge in [0.2, 0.25) is 0 Å². The second-order valence-electron chi connectivity index (χ2n) is 3.18. The van der Waals surface area contributed by atoms with Crippen LogP contribution in [0.1, 0.15) is 52.4 Å².